The van der Waals surface area contributed by atoms with Crippen LogP contribution in [-0.2, 0) is 0 Å². The third-order valence-electron chi connectivity index (χ3n) is 3.57. The molecule has 1 aliphatic carbocycles. The Kier molecular flexibility index (Phi) is 5.39. The maximum Gasteiger partial charge on any atom is 0.255 e. The number of unbranched alkanes of at least 4 members (excludes halogenated alkanes) is 1. The SMILES string of the molecule is CCCCN(C(=O)c1ccc(NCCC)nc1)C1CC1. The van der Waals surface area contributed by atoms with E-state index in [2.05, 4.69) is 24.1 Å². The van der Waals surface area contributed by atoms with Gasteiger partial charge < -0.3 is 10.2 Å². The average Bonchev–Trinajstić information content (AvgIpc) is 3.30. The monoisotopic (exact) mass is 275 g/mol. The molecule has 0 spiro atoms. The van der Waals surface area contributed by atoms with Crippen LogP contribution in [0, 0.1) is 0 Å². The smallest absolute Gasteiger partial charge is 0.255 e. The molecule has 1 saturated carbocycles. The Morgan fingerprint density at radius 2 is 2.15 bits per heavy atom. The molecule has 0 aliphatic heterocycles. The number of pyridine rings is 1. The highest BCUT2D eigenvalue weighted by Crippen LogP contribution is 2.28. The van der Waals surface area contributed by atoms with Gasteiger partial charge in [-0.05, 0) is 37.8 Å². The number of amides is 1. The summed E-state index contributed by atoms with van der Waals surface area (Å²) in [7, 11) is 0. The Labute approximate surface area is 121 Å². The summed E-state index contributed by atoms with van der Waals surface area (Å²) in [5, 5.41) is 3.22. The number of aromatic nitrogens is 1. The van der Waals surface area contributed by atoms with Crippen LogP contribution in [0.2, 0.25) is 0 Å². The zero-order valence-corrected chi connectivity index (χ0v) is 12.6. The van der Waals surface area contributed by atoms with Crippen molar-refractivity contribution < 1.29 is 4.79 Å². The zero-order chi connectivity index (χ0) is 14.4. The van der Waals surface area contributed by atoms with Crippen LogP contribution in [0.1, 0.15) is 56.3 Å². The van der Waals surface area contributed by atoms with E-state index in [0.717, 1.165) is 51.0 Å². The Morgan fingerprint density at radius 1 is 1.35 bits per heavy atom. The first kappa shape index (κ1) is 14.8. The molecule has 0 unspecified atom stereocenters. The third-order valence-corrected chi connectivity index (χ3v) is 3.57. The second-order valence-electron chi connectivity index (χ2n) is 5.44. The fourth-order valence-electron chi connectivity index (χ4n) is 2.21. The lowest BCUT2D eigenvalue weighted by atomic mass is 10.2. The maximum absolute atomic E-state index is 12.5. The molecule has 110 valence electrons. The molecule has 1 heterocycles. The Hall–Kier alpha value is -1.58. The van der Waals surface area contributed by atoms with Crippen LogP contribution < -0.4 is 5.32 Å². The summed E-state index contributed by atoms with van der Waals surface area (Å²) >= 11 is 0. The molecular weight excluding hydrogens is 250 g/mol. The molecule has 1 aromatic rings. The van der Waals surface area contributed by atoms with Crippen LogP contribution in [0.4, 0.5) is 5.82 Å². The Morgan fingerprint density at radius 3 is 2.70 bits per heavy atom. The molecule has 2 rings (SSSR count). The molecule has 0 radical (unpaired) electrons. The number of carbonyl (C=O) groups excluding carboxylic acids is 1. The van der Waals surface area contributed by atoms with Crippen LogP contribution >= 0.6 is 0 Å². The average molecular weight is 275 g/mol. The van der Waals surface area contributed by atoms with Gasteiger partial charge in [0.2, 0.25) is 0 Å². The molecule has 20 heavy (non-hydrogen) atoms. The van der Waals surface area contributed by atoms with Crippen LogP contribution in [-0.4, -0.2) is 34.9 Å². The lowest BCUT2D eigenvalue weighted by Crippen LogP contribution is -2.34. The second kappa shape index (κ2) is 7.27. The Balaban J connectivity index is 1.99. The van der Waals surface area contributed by atoms with E-state index in [1.807, 2.05) is 17.0 Å². The lowest BCUT2D eigenvalue weighted by molar-refractivity contribution is 0.0740. The van der Waals surface area contributed by atoms with E-state index >= 15 is 0 Å². The molecular formula is C16H25N3O. The van der Waals surface area contributed by atoms with Crippen molar-refractivity contribution in [2.24, 2.45) is 0 Å². The molecule has 4 heteroatoms. The van der Waals surface area contributed by atoms with Gasteiger partial charge in [0.15, 0.2) is 0 Å². The Bertz CT molecular complexity index is 426. The molecule has 1 aromatic heterocycles. The molecule has 0 bridgehead atoms. The molecule has 0 atom stereocenters. The summed E-state index contributed by atoms with van der Waals surface area (Å²) in [6.07, 6.45) is 7.26. The minimum absolute atomic E-state index is 0.135. The van der Waals surface area contributed by atoms with E-state index in [1.54, 1.807) is 6.20 Å². The van der Waals surface area contributed by atoms with Gasteiger partial charge >= 0.3 is 0 Å². The van der Waals surface area contributed by atoms with E-state index < -0.39 is 0 Å². The normalized spacial score (nSPS) is 14.1. The molecule has 1 N–H and O–H groups in total. The van der Waals surface area contributed by atoms with Gasteiger partial charge in [-0.2, -0.15) is 0 Å². The first-order chi connectivity index (χ1) is 9.76. The van der Waals surface area contributed by atoms with Crippen molar-refractivity contribution in [2.45, 2.75) is 52.0 Å². The van der Waals surface area contributed by atoms with Gasteiger partial charge in [-0.1, -0.05) is 20.3 Å². The van der Waals surface area contributed by atoms with Crippen LogP contribution in [0.5, 0.6) is 0 Å². The second-order valence-corrected chi connectivity index (χ2v) is 5.44. The first-order valence-electron chi connectivity index (χ1n) is 7.77. The number of hydrogen-bond acceptors (Lipinski definition) is 3. The summed E-state index contributed by atoms with van der Waals surface area (Å²) in [5.74, 6) is 0.977. The molecule has 0 aromatic carbocycles. The standard InChI is InChI=1S/C16H25N3O/c1-3-5-11-19(14-7-8-14)16(20)13-6-9-15(18-12-13)17-10-4-2/h6,9,12,14H,3-5,7-8,10-11H2,1-2H3,(H,17,18). The van der Waals surface area contributed by atoms with Crippen LogP contribution in [0.3, 0.4) is 0 Å². The van der Waals surface area contributed by atoms with E-state index in [9.17, 15) is 4.79 Å². The van der Waals surface area contributed by atoms with Crippen molar-refractivity contribution in [2.75, 3.05) is 18.4 Å². The van der Waals surface area contributed by atoms with E-state index in [-0.39, 0.29) is 5.91 Å². The van der Waals surface area contributed by atoms with Crippen molar-refractivity contribution in [3.63, 3.8) is 0 Å². The fourth-order valence-corrected chi connectivity index (χ4v) is 2.21. The van der Waals surface area contributed by atoms with Gasteiger partial charge in [0, 0.05) is 25.3 Å². The van der Waals surface area contributed by atoms with Crippen molar-refractivity contribution in [3.05, 3.63) is 23.9 Å². The first-order valence-corrected chi connectivity index (χ1v) is 7.77. The quantitative estimate of drug-likeness (QED) is 0.791. The summed E-state index contributed by atoms with van der Waals surface area (Å²) in [5.41, 5.74) is 0.704. The number of nitrogens with one attached hydrogen (secondary N) is 1. The number of rotatable bonds is 8. The largest absolute Gasteiger partial charge is 0.370 e. The summed E-state index contributed by atoms with van der Waals surface area (Å²) in [6.45, 7) is 6.05. The molecule has 4 nitrogen and oxygen atoms in total. The topological polar surface area (TPSA) is 45.2 Å². The maximum atomic E-state index is 12.5. The zero-order valence-electron chi connectivity index (χ0n) is 12.6. The molecule has 1 aliphatic rings. The molecule has 1 amide bonds. The van der Waals surface area contributed by atoms with Crippen molar-refractivity contribution >= 4 is 11.7 Å². The van der Waals surface area contributed by atoms with Crippen LogP contribution in [0.25, 0.3) is 0 Å². The predicted molar refractivity (Wildman–Crippen MR) is 82.0 cm³/mol. The van der Waals surface area contributed by atoms with E-state index in [0.29, 0.717) is 11.6 Å². The van der Waals surface area contributed by atoms with Crippen molar-refractivity contribution in [1.29, 1.82) is 0 Å². The van der Waals surface area contributed by atoms with Gasteiger partial charge in [-0.25, -0.2) is 4.98 Å². The van der Waals surface area contributed by atoms with E-state index in [1.165, 1.54) is 0 Å². The van der Waals surface area contributed by atoms with Crippen molar-refractivity contribution in [1.82, 2.24) is 9.88 Å². The van der Waals surface area contributed by atoms with Crippen molar-refractivity contribution in [3.8, 4) is 0 Å². The van der Waals surface area contributed by atoms with E-state index in [4.69, 9.17) is 0 Å². The number of anilines is 1. The molecule has 1 fully saturated rings. The van der Waals surface area contributed by atoms with Gasteiger partial charge in [0.05, 0.1) is 5.56 Å². The molecule has 0 saturated heterocycles. The highest BCUT2D eigenvalue weighted by Gasteiger charge is 2.32. The highest BCUT2D eigenvalue weighted by molar-refractivity contribution is 5.94. The summed E-state index contributed by atoms with van der Waals surface area (Å²) < 4.78 is 0. The predicted octanol–water partition coefficient (Wildman–Crippen LogP) is 3.31. The van der Waals surface area contributed by atoms with Gasteiger partial charge in [0.1, 0.15) is 5.82 Å². The fraction of sp³-hybridized carbons (Fsp3) is 0.625. The van der Waals surface area contributed by atoms with Gasteiger partial charge in [0.25, 0.3) is 5.91 Å². The minimum atomic E-state index is 0.135. The van der Waals surface area contributed by atoms with Gasteiger partial charge in [-0.15, -0.1) is 0 Å². The van der Waals surface area contributed by atoms with Crippen LogP contribution in [0.15, 0.2) is 18.3 Å². The number of hydrogen-bond donors (Lipinski definition) is 1. The summed E-state index contributed by atoms with van der Waals surface area (Å²) in [6, 6.07) is 4.24. The number of carbonyl (C=O) groups is 1. The lowest BCUT2D eigenvalue weighted by Gasteiger charge is -2.22. The minimum Gasteiger partial charge on any atom is -0.370 e. The highest BCUT2D eigenvalue weighted by atomic mass is 16.2. The number of nitrogens with zero attached hydrogens (tertiary/aromatic N) is 2. The van der Waals surface area contributed by atoms with Gasteiger partial charge in [-0.3, -0.25) is 4.79 Å². The third kappa shape index (κ3) is 3.95. The summed E-state index contributed by atoms with van der Waals surface area (Å²) in [4.78, 5) is 18.9.